The lowest BCUT2D eigenvalue weighted by molar-refractivity contribution is 0.136. The Bertz CT molecular complexity index is 1320. The fourth-order valence-electron chi connectivity index (χ4n) is 5.81. The van der Waals surface area contributed by atoms with Crippen molar-refractivity contribution >= 4 is 43.4 Å². The summed E-state index contributed by atoms with van der Waals surface area (Å²) >= 11 is 3.65. The number of ether oxygens (including phenoxy) is 1. The molecule has 0 spiro atoms. The van der Waals surface area contributed by atoms with E-state index in [1.54, 1.807) is 0 Å². The number of para-hydroxylation sites is 1. The molecule has 152 valence electrons. The summed E-state index contributed by atoms with van der Waals surface area (Å²) in [5, 5.41) is 6.65. The molecule has 30 heavy (non-hydrogen) atoms. The van der Waals surface area contributed by atoms with Gasteiger partial charge in [0.25, 0.3) is 0 Å². The van der Waals surface area contributed by atoms with E-state index in [0.29, 0.717) is 5.92 Å². The Labute approximate surface area is 185 Å². The lowest BCUT2D eigenvalue weighted by atomic mass is 9.64. The van der Waals surface area contributed by atoms with Crippen molar-refractivity contribution in [1.29, 1.82) is 0 Å². The van der Waals surface area contributed by atoms with Gasteiger partial charge >= 0.3 is 0 Å². The maximum absolute atomic E-state index is 6.26. The number of anilines is 1. The van der Waals surface area contributed by atoms with Gasteiger partial charge in [-0.05, 0) is 48.9 Å². The molecule has 0 radical (unpaired) electrons. The molecule has 4 aromatic rings. The number of hydrogen-bond acceptors (Lipinski definition) is 2. The molecule has 2 aliphatic rings. The highest BCUT2D eigenvalue weighted by atomic mass is 79.9. The number of aromatic nitrogens is 1. The Morgan fingerprint density at radius 3 is 2.77 bits per heavy atom. The molecule has 0 aliphatic carbocycles. The van der Waals surface area contributed by atoms with Crippen molar-refractivity contribution < 1.29 is 4.74 Å². The van der Waals surface area contributed by atoms with Crippen LogP contribution in [0.25, 0.3) is 21.8 Å². The van der Waals surface area contributed by atoms with E-state index in [1.807, 2.05) is 0 Å². The Kier molecular flexibility index (Phi) is 3.83. The van der Waals surface area contributed by atoms with E-state index in [4.69, 9.17) is 4.74 Å². The Balaban J connectivity index is 1.65. The second-order valence-corrected chi connectivity index (χ2v) is 10.0. The van der Waals surface area contributed by atoms with E-state index < -0.39 is 0 Å². The summed E-state index contributed by atoms with van der Waals surface area (Å²) in [4.78, 5) is 0. The minimum Gasteiger partial charge on any atom is -0.493 e. The largest absolute Gasteiger partial charge is 0.493 e. The van der Waals surface area contributed by atoms with E-state index in [9.17, 15) is 0 Å². The van der Waals surface area contributed by atoms with Gasteiger partial charge in [-0.2, -0.15) is 0 Å². The van der Waals surface area contributed by atoms with E-state index in [-0.39, 0.29) is 11.5 Å². The number of aryl methyl sites for hydroxylation is 1. The summed E-state index contributed by atoms with van der Waals surface area (Å²) in [5.74, 6) is 1.34. The van der Waals surface area contributed by atoms with Crippen molar-refractivity contribution in [3.05, 3.63) is 70.2 Å². The molecule has 0 unspecified atom stereocenters. The van der Waals surface area contributed by atoms with Crippen LogP contribution in [0.4, 0.5) is 5.69 Å². The zero-order valence-corrected chi connectivity index (χ0v) is 19.1. The summed E-state index contributed by atoms with van der Waals surface area (Å²) in [6.45, 7) is 8.71. The van der Waals surface area contributed by atoms with Crippen LogP contribution in [-0.2, 0) is 12.0 Å². The predicted molar refractivity (Wildman–Crippen MR) is 128 cm³/mol. The van der Waals surface area contributed by atoms with Crippen LogP contribution >= 0.6 is 15.9 Å². The van der Waals surface area contributed by atoms with Gasteiger partial charge in [0.15, 0.2) is 0 Å². The third kappa shape index (κ3) is 2.31. The van der Waals surface area contributed by atoms with E-state index in [0.717, 1.165) is 23.4 Å². The Morgan fingerprint density at radius 1 is 1.10 bits per heavy atom. The zero-order chi connectivity index (χ0) is 20.6. The second-order valence-electron chi connectivity index (χ2n) is 9.09. The maximum Gasteiger partial charge on any atom is 0.124 e. The molecule has 1 N–H and O–H groups in total. The lowest BCUT2D eigenvalue weighted by Crippen LogP contribution is -2.46. The van der Waals surface area contributed by atoms with Crippen molar-refractivity contribution in [2.45, 2.75) is 38.8 Å². The number of hydrogen-bond donors (Lipinski definition) is 1. The first kappa shape index (κ1) is 18.3. The highest BCUT2D eigenvalue weighted by Gasteiger charge is 2.47. The third-order valence-electron chi connectivity index (χ3n) is 7.26. The first-order valence-corrected chi connectivity index (χ1v) is 11.5. The topological polar surface area (TPSA) is 26.2 Å². The van der Waals surface area contributed by atoms with E-state index >= 15 is 0 Å². The molecule has 4 heteroatoms. The molecule has 0 amide bonds. The van der Waals surface area contributed by atoms with Gasteiger partial charge in [0, 0.05) is 55.4 Å². The minimum atomic E-state index is -0.0343. The lowest BCUT2D eigenvalue weighted by Gasteiger charge is -2.49. The van der Waals surface area contributed by atoms with E-state index in [2.05, 4.69) is 101 Å². The summed E-state index contributed by atoms with van der Waals surface area (Å²) in [7, 11) is 0. The van der Waals surface area contributed by atoms with Crippen LogP contribution in [0.2, 0.25) is 0 Å². The van der Waals surface area contributed by atoms with Gasteiger partial charge in [-0.1, -0.05) is 48.0 Å². The number of nitrogens with one attached hydrogen (secondary N) is 1. The Morgan fingerprint density at radius 2 is 1.93 bits per heavy atom. The first-order chi connectivity index (χ1) is 14.5. The van der Waals surface area contributed by atoms with Crippen LogP contribution in [0.15, 0.2) is 59.1 Å². The number of nitrogens with zero attached hydrogens (tertiary/aromatic N) is 1. The summed E-state index contributed by atoms with van der Waals surface area (Å²) in [6, 6.07) is 20.0. The number of rotatable bonds is 1. The second kappa shape index (κ2) is 6.27. The van der Waals surface area contributed by atoms with Crippen LogP contribution in [0.3, 0.4) is 0 Å². The van der Waals surface area contributed by atoms with Crippen molar-refractivity contribution in [3.8, 4) is 5.75 Å². The molecule has 0 bridgehead atoms. The maximum atomic E-state index is 6.26. The zero-order valence-electron chi connectivity index (χ0n) is 17.5. The van der Waals surface area contributed by atoms with Gasteiger partial charge in [0.1, 0.15) is 5.75 Å². The summed E-state index contributed by atoms with van der Waals surface area (Å²) in [6.07, 6.45) is 0. The Hall–Kier alpha value is -2.46. The predicted octanol–water partition coefficient (Wildman–Crippen LogP) is 7.03. The quantitative estimate of drug-likeness (QED) is 0.329. The van der Waals surface area contributed by atoms with E-state index in [1.165, 1.54) is 38.6 Å². The standard InChI is InChI=1S/C26H25BrN2O/c1-4-29-20-8-6-5-7-16(20)23-21(29)11-10-19-24(23)26(2,3)18-14-30-22-12-9-15(27)13-17(22)25(18)28-19/h5-13,18,25,28H,4,14H2,1-3H3/t18-,25+/m1/s1. The third-order valence-corrected chi connectivity index (χ3v) is 7.76. The van der Waals surface area contributed by atoms with Crippen LogP contribution in [0.1, 0.15) is 37.9 Å². The van der Waals surface area contributed by atoms with Crippen LogP contribution in [0, 0.1) is 5.92 Å². The molecule has 0 saturated heterocycles. The van der Waals surface area contributed by atoms with Gasteiger partial charge in [-0.3, -0.25) is 0 Å². The van der Waals surface area contributed by atoms with Gasteiger partial charge in [0.2, 0.25) is 0 Å². The SMILES string of the molecule is CCn1c2ccccc2c2c3c(ccc21)N[C@H]1c2cc(Br)ccc2OC[C@H]1C3(C)C. The summed E-state index contributed by atoms with van der Waals surface area (Å²) in [5.41, 5.74) is 6.52. The average molecular weight is 461 g/mol. The molecule has 3 nitrogen and oxygen atoms in total. The van der Waals surface area contributed by atoms with Crippen molar-refractivity contribution in [3.63, 3.8) is 0 Å². The average Bonchev–Trinajstić information content (AvgIpc) is 3.07. The molecule has 0 fully saturated rings. The molecule has 3 aromatic carbocycles. The van der Waals surface area contributed by atoms with Crippen molar-refractivity contribution in [1.82, 2.24) is 4.57 Å². The van der Waals surface area contributed by atoms with Crippen LogP contribution < -0.4 is 10.1 Å². The molecule has 2 aliphatic heterocycles. The smallest absolute Gasteiger partial charge is 0.124 e. The highest BCUT2D eigenvalue weighted by Crippen LogP contribution is 2.55. The summed E-state index contributed by atoms with van der Waals surface area (Å²) < 4.78 is 9.79. The molecule has 6 rings (SSSR count). The van der Waals surface area contributed by atoms with Gasteiger partial charge in [-0.25, -0.2) is 0 Å². The van der Waals surface area contributed by atoms with Gasteiger partial charge in [-0.15, -0.1) is 0 Å². The number of halogens is 1. The minimum absolute atomic E-state index is 0.0343. The fourth-order valence-corrected chi connectivity index (χ4v) is 6.19. The van der Waals surface area contributed by atoms with Crippen molar-refractivity contribution in [2.24, 2.45) is 5.92 Å². The van der Waals surface area contributed by atoms with Gasteiger partial charge in [0.05, 0.1) is 12.6 Å². The normalized spacial score (nSPS) is 21.5. The van der Waals surface area contributed by atoms with Crippen LogP contribution in [0.5, 0.6) is 5.75 Å². The molecule has 2 atom stereocenters. The van der Waals surface area contributed by atoms with Gasteiger partial charge < -0.3 is 14.6 Å². The molecule has 0 saturated carbocycles. The monoisotopic (exact) mass is 460 g/mol. The fraction of sp³-hybridized carbons (Fsp3) is 0.308. The first-order valence-electron chi connectivity index (χ1n) is 10.7. The molecule has 3 heterocycles. The number of benzene rings is 3. The number of fused-ring (bicyclic) bond motifs is 8. The van der Waals surface area contributed by atoms with Crippen LogP contribution in [-0.4, -0.2) is 11.2 Å². The molecular weight excluding hydrogens is 436 g/mol. The molecular formula is C26H25BrN2O. The highest BCUT2D eigenvalue weighted by molar-refractivity contribution is 9.10. The molecule has 1 aromatic heterocycles. The van der Waals surface area contributed by atoms with Crippen molar-refractivity contribution in [2.75, 3.05) is 11.9 Å².